The summed E-state index contributed by atoms with van der Waals surface area (Å²) in [7, 11) is -3.96. The van der Waals surface area contributed by atoms with Crippen molar-refractivity contribution < 1.29 is 17.6 Å². The Morgan fingerprint density at radius 3 is 2.19 bits per heavy atom. The summed E-state index contributed by atoms with van der Waals surface area (Å²) in [5, 5.41) is 2.95. The Kier molecular flexibility index (Phi) is 5.43. The zero-order valence-corrected chi connectivity index (χ0v) is 15.4. The average Bonchev–Trinajstić information content (AvgIpc) is 2.64. The van der Waals surface area contributed by atoms with E-state index in [-0.39, 0.29) is 10.6 Å². The second kappa shape index (κ2) is 7.77. The molecule has 3 aromatic carbocycles. The highest BCUT2D eigenvalue weighted by Gasteiger charge is 2.16. The van der Waals surface area contributed by atoms with Crippen LogP contribution in [-0.2, 0) is 10.0 Å². The molecule has 0 heterocycles. The van der Waals surface area contributed by atoms with Gasteiger partial charge in [-0.3, -0.25) is 9.52 Å². The van der Waals surface area contributed by atoms with Gasteiger partial charge in [-0.2, -0.15) is 0 Å². The van der Waals surface area contributed by atoms with E-state index < -0.39 is 21.7 Å². The lowest BCUT2D eigenvalue weighted by molar-refractivity contribution is 0.102. The Hall–Kier alpha value is -2.90. The van der Waals surface area contributed by atoms with Crippen LogP contribution in [0.2, 0.25) is 5.02 Å². The smallest absolute Gasteiger partial charge is 0.261 e. The molecule has 0 saturated carbocycles. The van der Waals surface area contributed by atoms with E-state index in [4.69, 9.17) is 11.6 Å². The fourth-order valence-electron chi connectivity index (χ4n) is 2.31. The predicted octanol–water partition coefficient (Wildman–Crippen LogP) is 4.53. The highest BCUT2D eigenvalue weighted by molar-refractivity contribution is 7.92. The summed E-state index contributed by atoms with van der Waals surface area (Å²) < 4.78 is 40.6. The molecule has 138 valence electrons. The molecule has 0 spiro atoms. The highest BCUT2D eigenvalue weighted by atomic mass is 35.5. The first-order valence-electron chi connectivity index (χ1n) is 7.80. The van der Waals surface area contributed by atoms with Crippen LogP contribution in [0.25, 0.3) is 0 Å². The van der Waals surface area contributed by atoms with Crippen molar-refractivity contribution in [2.75, 3.05) is 10.0 Å². The largest absolute Gasteiger partial charge is 0.322 e. The molecule has 1 amide bonds. The minimum atomic E-state index is -3.96. The van der Waals surface area contributed by atoms with Crippen LogP contribution in [0.15, 0.2) is 77.7 Å². The minimum absolute atomic E-state index is 0.0681. The SMILES string of the molecule is O=C(Nc1ccc(S(=O)(=O)Nc2ccccc2F)cc1)c1ccccc1Cl. The monoisotopic (exact) mass is 404 g/mol. The number of carbonyl (C=O) groups is 1. The maximum atomic E-state index is 13.7. The first kappa shape index (κ1) is 18.9. The lowest BCUT2D eigenvalue weighted by Gasteiger charge is -2.10. The van der Waals surface area contributed by atoms with Crippen molar-refractivity contribution in [3.8, 4) is 0 Å². The third kappa shape index (κ3) is 4.45. The van der Waals surface area contributed by atoms with Crippen molar-refractivity contribution in [3.05, 3.63) is 89.2 Å². The molecule has 3 rings (SSSR count). The third-order valence-corrected chi connectivity index (χ3v) is 5.37. The molecule has 0 unspecified atom stereocenters. The van der Waals surface area contributed by atoms with Crippen molar-refractivity contribution in [3.63, 3.8) is 0 Å². The molecule has 0 saturated heterocycles. The van der Waals surface area contributed by atoms with E-state index >= 15 is 0 Å². The number of hydrogen-bond acceptors (Lipinski definition) is 3. The molecule has 5 nitrogen and oxygen atoms in total. The lowest BCUT2D eigenvalue weighted by Crippen LogP contribution is -2.15. The molecule has 0 aromatic heterocycles. The fourth-order valence-corrected chi connectivity index (χ4v) is 3.60. The van der Waals surface area contributed by atoms with Gasteiger partial charge in [-0.05, 0) is 48.5 Å². The van der Waals surface area contributed by atoms with Gasteiger partial charge in [-0.1, -0.05) is 35.9 Å². The summed E-state index contributed by atoms with van der Waals surface area (Å²) in [6, 6.07) is 17.5. The van der Waals surface area contributed by atoms with E-state index in [0.717, 1.165) is 6.07 Å². The van der Waals surface area contributed by atoms with E-state index in [1.54, 1.807) is 24.3 Å². The molecule has 2 N–H and O–H groups in total. The topological polar surface area (TPSA) is 75.3 Å². The van der Waals surface area contributed by atoms with Crippen LogP contribution in [0.1, 0.15) is 10.4 Å². The molecule has 3 aromatic rings. The quantitative estimate of drug-likeness (QED) is 0.655. The van der Waals surface area contributed by atoms with Crippen LogP contribution >= 0.6 is 11.6 Å². The number of carbonyl (C=O) groups excluding carboxylic acids is 1. The van der Waals surface area contributed by atoms with Crippen molar-refractivity contribution in [1.82, 2.24) is 0 Å². The first-order valence-corrected chi connectivity index (χ1v) is 9.66. The summed E-state index contributed by atoms with van der Waals surface area (Å²) in [5.41, 5.74) is 0.551. The van der Waals surface area contributed by atoms with Gasteiger partial charge in [-0.25, -0.2) is 12.8 Å². The highest BCUT2D eigenvalue weighted by Crippen LogP contribution is 2.21. The zero-order chi connectivity index (χ0) is 19.4. The second-order valence-corrected chi connectivity index (χ2v) is 7.63. The standard InChI is InChI=1S/C19H14ClFN2O3S/c20-16-6-2-1-5-15(16)19(24)22-13-9-11-14(12-10-13)27(25,26)23-18-8-4-3-7-17(18)21/h1-12,23H,(H,22,24). The molecule has 0 bridgehead atoms. The van der Waals surface area contributed by atoms with Crippen LogP contribution < -0.4 is 10.0 Å². The van der Waals surface area contributed by atoms with Gasteiger partial charge in [0.05, 0.1) is 21.2 Å². The molecule has 0 aliphatic carbocycles. The molecular formula is C19H14ClFN2O3S. The van der Waals surface area contributed by atoms with Gasteiger partial charge in [0.2, 0.25) is 0 Å². The Balaban J connectivity index is 1.76. The van der Waals surface area contributed by atoms with Gasteiger partial charge in [0.25, 0.3) is 15.9 Å². The fraction of sp³-hybridized carbons (Fsp3) is 0. The molecule has 0 aliphatic heterocycles. The number of sulfonamides is 1. The van der Waals surface area contributed by atoms with Crippen LogP contribution in [0.5, 0.6) is 0 Å². The zero-order valence-electron chi connectivity index (χ0n) is 13.8. The van der Waals surface area contributed by atoms with Crippen molar-refractivity contribution in [1.29, 1.82) is 0 Å². The normalized spacial score (nSPS) is 11.0. The number of hydrogen-bond donors (Lipinski definition) is 2. The van der Waals surface area contributed by atoms with Crippen LogP contribution in [0.4, 0.5) is 15.8 Å². The van der Waals surface area contributed by atoms with Crippen molar-refractivity contribution in [2.45, 2.75) is 4.90 Å². The number of rotatable bonds is 5. The number of nitrogens with one attached hydrogen (secondary N) is 2. The second-order valence-electron chi connectivity index (χ2n) is 5.54. The van der Waals surface area contributed by atoms with Gasteiger partial charge in [0.15, 0.2) is 0 Å². The molecule has 27 heavy (non-hydrogen) atoms. The maximum Gasteiger partial charge on any atom is 0.261 e. The molecule has 0 fully saturated rings. The molecule has 8 heteroatoms. The van der Waals surface area contributed by atoms with Gasteiger partial charge in [0, 0.05) is 5.69 Å². The van der Waals surface area contributed by atoms with Gasteiger partial charge < -0.3 is 5.32 Å². The predicted molar refractivity (Wildman–Crippen MR) is 103 cm³/mol. The van der Waals surface area contributed by atoms with Gasteiger partial charge in [-0.15, -0.1) is 0 Å². The summed E-state index contributed by atoms with van der Waals surface area (Å²) in [4.78, 5) is 12.2. The Labute approximate surface area is 160 Å². The summed E-state index contributed by atoms with van der Waals surface area (Å²) in [6.07, 6.45) is 0. The molecule has 0 atom stereocenters. The van der Waals surface area contributed by atoms with E-state index in [2.05, 4.69) is 10.0 Å². The van der Waals surface area contributed by atoms with Crippen molar-refractivity contribution in [2.24, 2.45) is 0 Å². The summed E-state index contributed by atoms with van der Waals surface area (Å²) >= 11 is 5.98. The lowest BCUT2D eigenvalue weighted by atomic mass is 10.2. The Morgan fingerprint density at radius 2 is 1.52 bits per heavy atom. The van der Waals surface area contributed by atoms with E-state index in [0.29, 0.717) is 16.3 Å². The van der Waals surface area contributed by atoms with E-state index in [9.17, 15) is 17.6 Å². The maximum absolute atomic E-state index is 13.7. The minimum Gasteiger partial charge on any atom is -0.322 e. The van der Waals surface area contributed by atoms with E-state index in [1.165, 1.54) is 42.5 Å². The summed E-state index contributed by atoms with van der Waals surface area (Å²) in [5.74, 6) is -1.09. The third-order valence-electron chi connectivity index (χ3n) is 3.66. The average molecular weight is 405 g/mol. The Bertz CT molecular complexity index is 1090. The number of benzene rings is 3. The van der Waals surface area contributed by atoms with E-state index in [1.807, 2.05) is 0 Å². The molecule has 0 radical (unpaired) electrons. The number of anilines is 2. The van der Waals surface area contributed by atoms with Gasteiger partial charge in [0.1, 0.15) is 5.82 Å². The number of halogens is 2. The van der Waals surface area contributed by atoms with Crippen LogP contribution in [0.3, 0.4) is 0 Å². The van der Waals surface area contributed by atoms with Gasteiger partial charge >= 0.3 is 0 Å². The number of para-hydroxylation sites is 1. The number of amides is 1. The summed E-state index contributed by atoms with van der Waals surface area (Å²) in [6.45, 7) is 0. The molecular weight excluding hydrogens is 391 g/mol. The molecule has 0 aliphatic rings. The first-order chi connectivity index (χ1) is 12.9. The Morgan fingerprint density at radius 1 is 0.889 bits per heavy atom. The van der Waals surface area contributed by atoms with Crippen molar-refractivity contribution >= 4 is 38.9 Å². The van der Waals surface area contributed by atoms with Crippen LogP contribution in [-0.4, -0.2) is 14.3 Å². The van der Waals surface area contributed by atoms with Crippen LogP contribution in [0, 0.1) is 5.82 Å².